The van der Waals surface area contributed by atoms with E-state index >= 15 is 0 Å². The molecule has 0 spiro atoms. The second-order valence-corrected chi connectivity index (χ2v) is 5.29. The Kier molecular flexibility index (Phi) is 4.07. The molecular formula is C14H22N2O2. The quantitative estimate of drug-likeness (QED) is 0.861. The number of amides is 1. The Morgan fingerprint density at radius 1 is 1.39 bits per heavy atom. The van der Waals surface area contributed by atoms with Gasteiger partial charge in [0.25, 0.3) is 0 Å². The lowest BCUT2D eigenvalue weighted by molar-refractivity contribution is -0.122. The molecule has 2 rings (SSSR count). The molecule has 1 unspecified atom stereocenters. The van der Waals surface area contributed by atoms with E-state index in [-0.39, 0.29) is 17.9 Å². The van der Waals surface area contributed by atoms with Crippen LogP contribution in [0, 0.1) is 12.8 Å². The summed E-state index contributed by atoms with van der Waals surface area (Å²) in [6.45, 7) is 4.06. The highest BCUT2D eigenvalue weighted by atomic mass is 16.3. The number of carbonyl (C=O) groups excluding carboxylic acids is 1. The number of nitrogens with one attached hydrogen (secondary N) is 1. The van der Waals surface area contributed by atoms with Gasteiger partial charge < -0.3 is 15.5 Å². The van der Waals surface area contributed by atoms with E-state index in [9.17, 15) is 4.79 Å². The first kappa shape index (κ1) is 13.1. The molecule has 1 amide bonds. The Hall–Kier alpha value is -1.29. The average Bonchev–Trinajstić information content (AvgIpc) is 2.76. The van der Waals surface area contributed by atoms with Gasteiger partial charge in [-0.2, -0.15) is 0 Å². The van der Waals surface area contributed by atoms with Crippen LogP contribution < -0.4 is 11.1 Å². The molecule has 0 radical (unpaired) electrons. The van der Waals surface area contributed by atoms with Crippen molar-refractivity contribution in [1.29, 1.82) is 0 Å². The highest BCUT2D eigenvalue weighted by Crippen LogP contribution is 2.26. The van der Waals surface area contributed by atoms with E-state index in [0.29, 0.717) is 6.04 Å². The average molecular weight is 250 g/mol. The number of rotatable bonds is 4. The molecule has 4 heteroatoms. The fourth-order valence-corrected chi connectivity index (χ4v) is 2.67. The molecule has 100 valence electrons. The largest absolute Gasteiger partial charge is 0.465 e. The van der Waals surface area contributed by atoms with Gasteiger partial charge in [0.15, 0.2) is 0 Å². The lowest BCUT2D eigenvalue weighted by atomic mass is 9.85. The summed E-state index contributed by atoms with van der Waals surface area (Å²) in [5, 5.41) is 3.56. The van der Waals surface area contributed by atoms with Crippen molar-refractivity contribution in [1.82, 2.24) is 5.32 Å². The van der Waals surface area contributed by atoms with Crippen molar-refractivity contribution < 1.29 is 9.21 Å². The standard InChI is InChI=1S/C14H22N2O2/c1-9-3-8-13(18-9)10(2)16-12-6-4-11(5-7-12)14(15)17/h3,8,10-12,16H,4-7H2,1-2H3,(H2,15,17). The maximum Gasteiger partial charge on any atom is 0.220 e. The molecule has 1 heterocycles. The Morgan fingerprint density at radius 2 is 2.06 bits per heavy atom. The van der Waals surface area contributed by atoms with Gasteiger partial charge in [-0.1, -0.05) is 0 Å². The first-order valence-corrected chi connectivity index (χ1v) is 6.68. The van der Waals surface area contributed by atoms with Crippen LogP contribution in [0.15, 0.2) is 16.5 Å². The topological polar surface area (TPSA) is 68.3 Å². The Bertz CT molecular complexity index is 406. The zero-order chi connectivity index (χ0) is 13.1. The monoisotopic (exact) mass is 250 g/mol. The fourth-order valence-electron chi connectivity index (χ4n) is 2.67. The molecule has 3 N–H and O–H groups in total. The maximum atomic E-state index is 11.1. The molecule has 4 nitrogen and oxygen atoms in total. The molecule has 1 aromatic rings. The van der Waals surface area contributed by atoms with Crippen LogP contribution in [0.5, 0.6) is 0 Å². The van der Waals surface area contributed by atoms with Gasteiger partial charge in [0, 0.05) is 12.0 Å². The summed E-state index contributed by atoms with van der Waals surface area (Å²) in [5.41, 5.74) is 5.33. The minimum absolute atomic E-state index is 0.0733. The Morgan fingerprint density at radius 3 is 2.56 bits per heavy atom. The van der Waals surface area contributed by atoms with Crippen LogP contribution in [0.4, 0.5) is 0 Å². The van der Waals surface area contributed by atoms with Gasteiger partial charge in [-0.05, 0) is 51.7 Å². The van der Waals surface area contributed by atoms with Crippen molar-refractivity contribution >= 4 is 5.91 Å². The van der Waals surface area contributed by atoms with Crippen LogP contribution >= 0.6 is 0 Å². The van der Waals surface area contributed by atoms with E-state index in [1.165, 1.54) is 0 Å². The van der Waals surface area contributed by atoms with Crippen molar-refractivity contribution in [3.63, 3.8) is 0 Å². The van der Waals surface area contributed by atoms with Gasteiger partial charge in [-0.15, -0.1) is 0 Å². The number of aryl methyl sites for hydroxylation is 1. The molecule has 1 fully saturated rings. The highest BCUT2D eigenvalue weighted by molar-refractivity contribution is 5.76. The summed E-state index contributed by atoms with van der Waals surface area (Å²) in [6.07, 6.45) is 3.82. The van der Waals surface area contributed by atoms with E-state index in [1.807, 2.05) is 19.1 Å². The van der Waals surface area contributed by atoms with E-state index < -0.39 is 0 Å². The first-order chi connectivity index (χ1) is 8.56. The second-order valence-electron chi connectivity index (χ2n) is 5.29. The van der Waals surface area contributed by atoms with Crippen molar-refractivity contribution in [2.45, 2.75) is 51.6 Å². The number of carbonyl (C=O) groups is 1. The molecule has 0 aromatic carbocycles. The smallest absolute Gasteiger partial charge is 0.220 e. The third-order valence-corrected chi connectivity index (χ3v) is 3.80. The number of hydrogen-bond donors (Lipinski definition) is 2. The van der Waals surface area contributed by atoms with Gasteiger partial charge in [0.05, 0.1) is 6.04 Å². The van der Waals surface area contributed by atoms with Gasteiger partial charge in [0.2, 0.25) is 5.91 Å². The summed E-state index contributed by atoms with van der Waals surface area (Å²) in [7, 11) is 0. The SMILES string of the molecule is Cc1ccc(C(C)NC2CCC(C(N)=O)CC2)o1. The predicted octanol–water partition coefficient (Wildman–Crippen LogP) is 2.28. The number of furan rings is 1. The van der Waals surface area contributed by atoms with Crippen molar-refractivity contribution in [3.8, 4) is 0 Å². The summed E-state index contributed by atoms with van der Waals surface area (Å²) >= 11 is 0. The number of nitrogens with two attached hydrogens (primary N) is 1. The van der Waals surface area contributed by atoms with Crippen molar-refractivity contribution in [2.24, 2.45) is 11.7 Å². The molecule has 1 saturated carbocycles. The molecule has 1 aliphatic carbocycles. The van der Waals surface area contributed by atoms with Crippen LogP contribution in [-0.4, -0.2) is 11.9 Å². The maximum absolute atomic E-state index is 11.1. The Balaban J connectivity index is 1.83. The van der Waals surface area contributed by atoms with Gasteiger partial charge >= 0.3 is 0 Å². The van der Waals surface area contributed by atoms with Crippen molar-refractivity contribution in [3.05, 3.63) is 23.7 Å². The van der Waals surface area contributed by atoms with E-state index in [0.717, 1.165) is 37.2 Å². The molecule has 1 atom stereocenters. The summed E-state index contributed by atoms with van der Waals surface area (Å²) in [6, 6.07) is 4.68. The molecule has 0 bridgehead atoms. The highest BCUT2D eigenvalue weighted by Gasteiger charge is 2.25. The zero-order valence-electron chi connectivity index (χ0n) is 11.1. The number of hydrogen-bond acceptors (Lipinski definition) is 3. The lowest BCUT2D eigenvalue weighted by Crippen LogP contribution is -2.37. The van der Waals surface area contributed by atoms with Crippen LogP contribution in [0.1, 0.15) is 50.2 Å². The second kappa shape index (κ2) is 5.57. The molecule has 0 aliphatic heterocycles. The third kappa shape index (κ3) is 3.13. The number of primary amides is 1. The summed E-state index contributed by atoms with van der Waals surface area (Å²) < 4.78 is 5.61. The van der Waals surface area contributed by atoms with E-state index in [4.69, 9.17) is 10.2 Å². The molecule has 1 aliphatic rings. The lowest BCUT2D eigenvalue weighted by Gasteiger charge is -2.29. The molecule has 0 saturated heterocycles. The van der Waals surface area contributed by atoms with Gasteiger partial charge in [-0.25, -0.2) is 0 Å². The molecule has 18 heavy (non-hydrogen) atoms. The van der Waals surface area contributed by atoms with E-state index in [1.54, 1.807) is 0 Å². The molecular weight excluding hydrogens is 228 g/mol. The van der Waals surface area contributed by atoms with Crippen LogP contribution in [0.25, 0.3) is 0 Å². The summed E-state index contributed by atoms with van der Waals surface area (Å²) in [4.78, 5) is 11.1. The van der Waals surface area contributed by atoms with Crippen LogP contribution in [-0.2, 0) is 4.79 Å². The molecule has 1 aromatic heterocycles. The predicted molar refractivity (Wildman–Crippen MR) is 69.9 cm³/mol. The zero-order valence-corrected chi connectivity index (χ0v) is 11.1. The van der Waals surface area contributed by atoms with Crippen molar-refractivity contribution in [2.75, 3.05) is 0 Å². The third-order valence-electron chi connectivity index (χ3n) is 3.80. The van der Waals surface area contributed by atoms with Crippen LogP contribution in [0.2, 0.25) is 0 Å². The normalized spacial score (nSPS) is 25.9. The first-order valence-electron chi connectivity index (χ1n) is 6.68. The summed E-state index contributed by atoms with van der Waals surface area (Å²) in [5.74, 6) is 1.84. The van der Waals surface area contributed by atoms with Gasteiger partial charge in [-0.3, -0.25) is 4.79 Å². The van der Waals surface area contributed by atoms with E-state index in [2.05, 4.69) is 12.2 Å². The van der Waals surface area contributed by atoms with Gasteiger partial charge in [0.1, 0.15) is 11.5 Å². The van der Waals surface area contributed by atoms with Crippen LogP contribution in [0.3, 0.4) is 0 Å². The Labute approximate surface area is 108 Å². The minimum atomic E-state index is -0.150. The minimum Gasteiger partial charge on any atom is -0.465 e. The fraction of sp³-hybridized carbons (Fsp3) is 0.643.